The highest BCUT2D eigenvalue weighted by Gasteiger charge is 2.10. The summed E-state index contributed by atoms with van der Waals surface area (Å²) in [6, 6.07) is 12.9. The maximum atomic E-state index is 4.65. The molecule has 2 heterocycles. The van der Waals surface area contributed by atoms with E-state index in [1.807, 2.05) is 6.20 Å². The second-order valence-electron chi connectivity index (χ2n) is 5.78. The van der Waals surface area contributed by atoms with Gasteiger partial charge in [-0.25, -0.2) is 0 Å². The Morgan fingerprint density at radius 1 is 1.00 bits per heavy atom. The van der Waals surface area contributed by atoms with Gasteiger partial charge in [0.15, 0.2) is 0 Å². The van der Waals surface area contributed by atoms with Crippen molar-refractivity contribution in [2.45, 2.75) is 6.54 Å². The lowest BCUT2D eigenvalue weighted by Crippen LogP contribution is -2.10. The number of hydrogen-bond donors (Lipinski definition) is 1. The Bertz CT molecular complexity index is 951. The molecule has 3 heteroatoms. The molecule has 0 bridgehead atoms. The molecule has 0 amide bonds. The predicted molar refractivity (Wildman–Crippen MR) is 88.5 cm³/mol. The fourth-order valence-corrected chi connectivity index (χ4v) is 3.05. The highest BCUT2D eigenvalue weighted by Crippen LogP contribution is 2.30. The minimum Gasteiger partial charge on any atom is -0.359 e. The smallest absolute Gasteiger partial charge is 0.0946 e. The van der Waals surface area contributed by atoms with Gasteiger partial charge in [0.2, 0.25) is 0 Å². The van der Waals surface area contributed by atoms with Crippen LogP contribution in [-0.4, -0.2) is 29.0 Å². The van der Waals surface area contributed by atoms with Crippen molar-refractivity contribution in [3.05, 3.63) is 54.4 Å². The first-order valence-corrected chi connectivity index (χ1v) is 7.15. The number of nitrogens with zero attached hydrogens (tertiary/aromatic N) is 2. The van der Waals surface area contributed by atoms with Crippen molar-refractivity contribution in [2.24, 2.45) is 0 Å². The zero-order valence-electron chi connectivity index (χ0n) is 12.2. The summed E-state index contributed by atoms with van der Waals surface area (Å²) in [6.07, 6.45) is 4.06. The maximum Gasteiger partial charge on any atom is 0.0946 e. The number of fused-ring (bicyclic) bond motifs is 5. The largest absolute Gasteiger partial charge is 0.359 e. The van der Waals surface area contributed by atoms with Crippen LogP contribution in [0.2, 0.25) is 0 Å². The second-order valence-corrected chi connectivity index (χ2v) is 5.78. The van der Waals surface area contributed by atoms with E-state index in [0.29, 0.717) is 0 Å². The molecule has 0 saturated heterocycles. The number of aromatic amines is 1. The van der Waals surface area contributed by atoms with Gasteiger partial charge in [-0.1, -0.05) is 36.4 Å². The lowest BCUT2D eigenvalue weighted by molar-refractivity contribution is 0.404. The Balaban J connectivity index is 2.06. The number of pyridine rings is 1. The van der Waals surface area contributed by atoms with Crippen molar-refractivity contribution in [3.63, 3.8) is 0 Å². The van der Waals surface area contributed by atoms with Crippen molar-refractivity contribution < 1.29 is 0 Å². The Morgan fingerprint density at radius 2 is 1.81 bits per heavy atom. The maximum absolute atomic E-state index is 4.65. The lowest BCUT2D eigenvalue weighted by Gasteiger charge is -2.09. The standard InChI is InChI=1S/C18H17N3/c1-21(2)11-13-10-20-17-15(13)7-8-16-14-6-4-3-5-12(14)9-19-18(16)17/h3-10,19H,11H2,1-2H3. The summed E-state index contributed by atoms with van der Waals surface area (Å²) in [5.41, 5.74) is 3.46. The van der Waals surface area contributed by atoms with Crippen LogP contribution in [-0.2, 0) is 6.54 Å². The van der Waals surface area contributed by atoms with E-state index < -0.39 is 0 Å². The number of benzene rings is 2. The first-order chi connectivity index (χ1) is 10.2. The van der Waals surface area contributed by atoms with Crippen LogP contribution in [0.1, 0.15) is 5.56 Å². The van der Waals surface area contributed by atoms with Gasteiger partial charge in [-0.05, 0) is 30.4 Å². The molecule has 0 unspecified atom stereocenters. The summed E-state index contributed by atoms with van der Waals surface area (Å²) in [7, 11) is 4.17. The summed E-state index contributed by atoms with van der Waals surface area (Å²) in [5.74, 6) is 0. The normalized spacial score (nSPS) is 12.0. The van der Waals surface area contributed by atoms with Gasteiger partial charge in [0.1, 0.15) is 0 Å². The number of aromatic nitrogens is 2. The fourth-order valence-electron chi connectivity index (χ4n) is 3.05. The third-order valence-corrected chi connectivity index (χ3v) is 3.98. The van der Waals surface area contributed by atoms with Crippen LogP contribution < -0.4 is 0 Å². The van der Waals surface area contributed by atoms with Crippen LogP contribution in [0.3, 0.4) is 0 Å². The second kappa shape index (κ2) is 4.57. The molecule has 104 valence electrons. The zero-order valence-corrected chi connectivity index (χ0v) is 12.2. The van der Waals surface area contributed by atoms with Crippen LogP contribution >= 0.6 is 0 Å². The van der Waals surface area contributed by atoms with E-state index in [9.17, 15) is 0 Å². The van der Waals surface area contributed by atoms with Crippen molar-refractivity contribution >= 4 is 32.6 Å². The van der Waals surface area contributed by atoms with Gasteiger partial charge in [-0.2, -0.15) is 0 Å². The van der Waals surface area contributed by atoms with Crippen molar-refractivity contribution in [3.8, 4) is 0 Å². The van der Waals surface area contributed by atoms with Crippen LogP contribution in [0, 0.1) is 0 Å². The van der Waals surface area contributed by atoms with Gasteiger partial charge in [0.05, 0.1) is 11.0 Å². The Hall–Kier alpha value is -2.39. The average molecular weight is 275 g/mol. The molecule has 21 heavy (non-hydrogen) atoms. The fraction of sp³-hybridized carbons (Fsp3) is 0.167. The van der Waals surface area contributed by atoms with Crippen LogP contribution in [0.5, 0.6) is 0 Å². The number of rotatable bonds is 2. The molecule has 0 radical (unpaired) electrons. The first kappa shape index (κ1) is 12.4. The minimum atomic E-state index is 0.912. The lowest BCUT2D eigenvalue weighted by atomic mass is 10.0. The van der Waals surface area contributed by atoms with Gasteiger partial charge in [0.25, 0.3) is 0 Å². The highest BCUT2D eigenvalue weighted by atomic mass is 15.0. The topological polar surface area (TPSA) is 31.9 Å². The Labute approximate surface area is 123 Å². The molecule has 0 spiro atoms. The molecule has 0 aliphatic heterocycles. The molecule has 4 rings (SSSR count). The quantitative estimate of drug-likeness (QED) is 0.562. The molecule has 0 aliphatic rings. The third kappa shape index (κ3) is 1.89. The van der Waals surface area contributed by atoms with E-state index in [4.69, 9.17) is 0 Å². The summed E-state index contributed by atoms with van der Waals surface area (Å²) >= 11 is 0. The van der Waals surface area contributed by atoms with E-state index in [1.165, 1.54) is 27.1 Å². The molecule has 0 fully saturated rings. The Kier molecular flexibility index (Phi) is 2.69. The molecule has 2 aromatic heterocycles. The van der Waals surface area contributed by atoms with Crippen LogP contribution in [0.4, 0.5) is 0 Å². The van der Waals surface area contributed by atoms with E-state index in [1.54, 1.807) is 0 Å². The average Bonchev–Trinajstić information content (AvgIpc) is 2.89. The molecule has 1 N–H and O–H groups in total. The first-order valence-electron chi connectivity index (χ1n) is 7.15. The summed E-state index contributed by atoms with van der Waals surface area (Å²) in [4.78, 5) is 10.2. The van der Waals surface area contributed by atoms with Crippen molar-refractivity contribution in [2.75, 3.05) is 14.1 Å². The van der Waals surface area contributed by atoms with Gasteiger partial charge < -0.3 is 9.88 Å². The molecular formula is C18H17N3. The molecule has 2 aromatic carbocycles. The third-order valence-electron chi connectivity index (χ3n) is 3.98. The summed E-state index contributed by atoms with van der Waals surface area (Å²) < 4.78 is 0. The van der Waals surface area contributed by atoms with Crippen molar-refractivity contribution in [1.82, 2.24) is 14.9 Å². The molecule has 0 saturated carbocycles. The summed E-state index contributed by atoms with van der Waals surface area (Å²) in [6.45, 7) is 0.912. The van der Waals surface area contributed by atoms with Crippen molar-refractivity contribution in [1.29, 1.82) is 0 Å². The van der Waals surface area contributed by atoms with Crippen LogP contribution in [0.15, 0.2) is 48.8 Å². The molecule has 3 nitrogen and oxygen atoms in total. The number of H-pyrrole nitrogens is 1. The van der Waals surface area contributed by atoms with Gasteiger partial charge >= 0.3 is 0 Å². The predicted octanol–water partition coefficient (Wildman–Crippen LogP) is 3.93. The Morgan fingerprint density at radius 3 is 2.67 bits per heavy atom. The van der Waals surface area contributed by atoms with Gasteiger partial charge in [-0.3, -0.25) is 4.98 Å². The van der Waals surface area contributed by atoms with Gasteiger partial charge in [-0.15, -0.1) is 0 Å². The molecular weight excluding hydrogens is 258 g/mol. The number of hydrogen-bond acceptors (Lipinski definition) is 2. The number of nitrogens with one attached hydrogen (secondary N) is 1. The van der Waals surface area contributed by atoms with Gasteiger partial charge in [0, 0.05) is 29.7 Å². The summed E-state index contributed by atoms with van der Waals surface area (Å²) in [5, 5.41) is 4.97. The van der Waals surface area contributed by atoms with Crippen LogP contribution in [0.25, 0.3) is 32.6 Å². The molecule has 0 atom stereocenters. The minimum absolute atomic E-state index is 0.912. The zero-order chi connectivity index (χ0) is 14.4. The van der Waals surface area contributed by atoms with E-state index in [2.05, 4.69) is 71.6 Å². The van der Waals surface area contributed by atoms with E-state index in [-0.39, 0.29) is 0 Å². The highest BCUT2D eigenvalue weighted by molar-refractivity contribution is 6.14. The van der Waals surface area contributed by atoms with E-state index in [0.717, 1.165) is 17.6 Å². The SMILES string of the molecule is CN(C)Cc1cnc2c1ccc1c3ccccc3c[nH]c12. The van der Waals surface area contributed by atoms with E-state index >= 15 is 0 Å². The molecule has 0 aliphatic carbocycles. The monoisotopic (exact) mass is 275 g/mol. The molecule has 4 aromatic rings.